The van der Waals surface area contributed by atoms with Crippen molar-refractivity contribution in [3.63, 3.8) is 0 Å². The summed E-state index contributed by atoms with van der Waals surface area (Å²) in [6.45, 7) is 4.37. The van der Waals surface area contributed by atoms with E-state index >= 15 is 0 Å². The number of hydrogen-bond acceptors (Lipinski definition) is 3. The van der Waals surface area contributed by atoms with Crippen LogP contribution in [-0.4, -0.2) is 20.9 Å². The average Bonchev–Trinajstić information content (AvgIpc) is 2.49. The minimum atomic E-state index is -3.67. The Morgan fingerprint density at radius 3 is 2.35 bits per heavy atom. The number of hydrogen-bond donors (Lipinski definition) is 2. The molecule has 122 valence electrons. The molecule has 0 aliphatic heterocycles. The van der Waals surface area contributed by atoms with Crippen molar-refractivity contribution in [1.29, 1.82) is 0 Å². The van der Waals surface area contributed by atoms with Crippen LogP contribution in [0.15, 0.2) is 47.4 Å². The van der Waals surface area contributed by atoms with Gasteiger partial charge >= 0.3 is 0 Å². The van der Waals surface area contributed by atoms with Gasteiger partial charge in [0.2, 0.25) is 10.0 Å². The van der Waals surface area contributed by atoms with E-state index in [9.17, 15) is 13.2 Å². The van der Waals surface area contributed by atoms with Crippen LogP contribution in [0.2, 0.25) is 0 Å². The third-order valence-corrected chi connectivity index (χ3v) is 4.73. The normalized spacial score (nSPS) is 11.3. The molecule has 0 radical (unpaired) electrons. The van der Waals surface area contributed by atoms with E-state index in [1.54, 1.807) is 18.2 Å². The van der Waals surface area contributed by atoms with Gasteiger partial charge in [-0.2, -0.15) is 0 Å². The Bertz CT molecular complexity index is 812. The molecule has 0 unspecified atom stereocenters. The molecular weight excluding hydrogens is 312 g/mol. The molecule has 0 aromatic heterocycles. The van der Waals surface area contributed by atoms with E-state index in [-0.39, 0.29) is 10.8 Å². The van der Waals surface area contributed by atoms with Crippen LogP contribution in [0, 0.1) is 13.8 Å². The Labute approximate surface area is 136 Å². The topological polar surface area (TPSA) is 89.3 Å². The summed E-state index contributed by atoms with van der Waals surface area (Å²) in [6, 6.07) is 12.0. The Morgan fingerprint density at radius 2 is 1.74 bits per heavy atom. The molecule has 3 N–H and O–H groups in total. The SMILES string of the molecule is Cc1cccc(C(=O)NCCc2ccc(S(N)(=O)=O)cc2)c1C. The van der Waals surface area contributed by atoms with Crippen LogP contribution >= 0.6 is 0 Å². The van der Waals surface area contributed by atoms with Crippen LogP contribution in [-0.2, 0) is 16.4 Å². The first-order chi connectivity index (χ1) is 10.8. The van der Waals surface area contributed by atoms with Gasteiger partial charge in [0.25, 0.3) is 5.91 Å². The molecule has 1 amide bonds. The van der Waals surface area contributed by atoms with Crippen molar-refractivity contribution >= 4 is 15.9 Å². The van der Waals surface area contributed by atoms with Crippen LogP contribution in [0.4, 0.5) is 0 Å². The number of aryl methyl sites for hydroxylation is 1. The van der Waals surface area contributed by atoms with E-state index in [2.05, 4.69) is 5.32 Å². The molecule has 0 atom stereocenters. The molecule has 0 bridgehead atoms. The lowest BCUT2D eigenvalue weighted by molar-refractivity contribution is 0.0953. The first kappa shape index (κ1) is 17.2. The van der Waals surface area contributed by atoms with Crippen molar-refractivity contribution in [2.24, 2.45) is 5.14 Å². The van der Waals surface area contributed by atoms with Crippen molar-refractivity contribution in [3.05, 3.63) is 64.7 Å². The highest BCUT2D eigenvalue weighted by atomic mass is 32.2. The Morgan fingerprint density at radius 1 is 1.09 bits per heavy atom. The highest BCUT2D eigenvalue weighted by Crippen LogP contribution is 2.13. The first-order valence-electron chi connectivity index (χ1n) is 7.25. The molecule has 0 saturated heterocycles. The second-order valence-electron chi connectivity index (χ2n) is 5.44. The number of rotatable bonds is 5. The molecule has 0 spiro atoms. The van der Waals surface area contributed by atoms with E-state index < -0.39 is 10.0 Å². The second kappa shape index (κ2) is 6.93. The fourth-order valence-electron chi connectivity index (χ4n) is 2.26. The highest BCUT2D eigenvalue weighted by Gasteiger charge is 2.10. The molecule has 0 saturated carbocycles. The van der Waals surface area contributed by atoms with Gasteiger partial charge in [0.05, 0.1) is 4.90 Å². The lowest BCUT2D eigenvalue weighted by atomic mass is 10.0. The molecular formula is C17H20N2O3S. The highest BCUT2D eigenvalue weighted by molar-refractivity contribution is 7.89. The number of amides is 1. The number of benzene rings is 2. The minimum absolute atomic E-state index is 0.0840. The van der Waals surface area contributed by atoms with Gasteiger partial charge in [-0.3, -0.25) is 4.79 Å². The molecule has 5 nitrogen and oxygen atoms in total. The lowest BCUT2D eigenvalue weighted by Crippen LogP contribution is -2.26. The van der Waals surface area contributed by atoms with Gasteiger partial charge in [-0.15, -0.1) is 0 Å². The largest absolute Gasteiger partial charge is 0.352 e. The van der Waals surface area contributed by atoms with Crippen molar-refractivity contribution < 1.29 is 13.2 Å². The molecule has 2 rings (SSSR count). The first-order valence-corrected chi connectivity index (χ1v) is 8.80. The summed E-state index contributed by atoms with van der Waals surface area (Å²) in [5, 5.41) is 7.93. The van der Waals surface area contributed by atoms with Gasteiger partial charge in [-0.05, 0) is 55.2 Å². The molecule has 6 heteroatoms. The second-order valence-corrected chi connectivity index (χ2v) is 7.00. The summed E-state index contributed by atoms with van der Waals surface area (Å²) >= 11 is 0. The molecule has 0 fully saturated rings. The van der Waals surface area contributed by atoms with E-state index in [1.807, 2.05) is 26.0 Å². The zero-order valence-corrected chi connectivity index (χ0v) is 14.0. The molecule has 0 aliphatic rings. The van der Waals surface area contributed by atoms with Crippen LogP contribution in [0.3, 0.4) is 0 Å². The summed E-state index contributed by atoms with van der Waals surface area (Å²) in [7, 11) is -3.67. The molecule has 2 aromatic carbocycles. The fourth-order valence-corrected chi connectivity index (χ4v) is 2.77. The van der Waals surface area contributed by atoms with Gasteiger partial charge in [0.1, 0.15) is 0 Å². The van der Waals surface area contributed by atoms with Crippen LogP contribution < -0.4 is 10.5 Å². The summed E-state index contributed by atoms with van der Waals surface area (Å²) in [5.74, 6) is -0.104. The van der Waals surface area contributed by atoms with E-state index in [1.165, 1.54) is 12.1 Å². The fraction of sp³-hybridized carbons (Fsp3) is 0.235. The van der Waals surface area contributed by atoms with Gasteiger partial charge in [0.15, 0.2) is 0 Å². The van der Waals surface area contributed by atoms with Gasteiger partial charge < -0.3 is 5.32 Å². The Hall–Kier alpha value is -2.18. The third-order valence-electron chi connectivity index (χ3n) is 3.80. The number of carbonyl (C=O) groups is 1. The van der Waals surface area contributed by atoms with E-state index in [4.69, 9.17) is 5.14 Å². The average molecular weight is 332 g/mol. The van der Waals surface area contributed by atoms with Crippen LogP contribution in [0.5, 0.6) is 0 Å². The number of sulfonamides is 1. The zero-order valence-electron chi connectivity index (χ0n) is 13.2. The van der Waals surface area contributed by atoms with E-state index in [0.29, 0.717) is 18.5 Å². The molecule has 23 heavy (non-hydrogen) atoms. The van der Waals surface area contributed by atoms with Crippen molar-refractivity contribution in [1.82, 2.24) is 5.32 Å². The number of carbonyl (C=O) groups excluding carboxylic acids is 1. The Kier molecular flexibility index (Phi) is 5.18. The summed E-state index contributed by atoms with van der Waals surface area (Å²) < 4.78 is 22.4. The quantitative estimate of drug-likeness (QED) is 0.876. The maximum atomic E-state index is 12.2. The number of nitrogens with two attached hydrogens (primary N) is 1. The monoisotopic (exact) mass is 332 g/mol. The predicted octanol–water partition coefficient (Wildman–Crippen LogP) is 1.92. The summed E-state index contributed by atoms with van der Waals surface area (Å²) in [4.78, 5) is 12.3. The van der Waals surface area contributed by atoms with Gasteiger partial charge in [-0.1, -0.05) is 24.3 Å². The van der Waals surface area contributed by atoms with Crippen molar-refractivity contribution in [2.75, 3.05) is 6.54 Å². The predicted molar refractivity (Wildman–Crippen MR) is 89.8 cm³/mol. The number of nitrogens with one attached hydrogen (secondary N) is 1. The minimum Gasteiger partial charge on any atom is -0.352 e. The van der Waals surface area contributed by atoms with Crippen LogP contribution in [0.25, 0.3) is 0 Å². The van der Waals surface area contributed by atoms with Crippen molar-refractivity contribution in [3.8, 4) is 0 Å². The molecule has 0 heterocycles. The molecule has 0 aliphatic carbocycles. The Balaban J connectivity index is 1.94. The summed E-state index contributed by atoms with van der Waals surface area (Å²) in [6.07, 6.45) is 0.613. The smallest absolute Gasteiger partial charge is 0.251 e. The summed E-state index contributed by atoms with van der Waals surface area (Å²) in [5.41, 5.74) is 3.66. The number of primary sulfonamides is 1. The van der Waals surface area contributed by atoms with Gasteiger partial charge in [0, 0.05) is 12.1 Å². The van der Waals surface area contributed by atoms with Crippen molar-refractivity contribution in [2.45, 2.75) is 25.2 Å². The maximum absolute atomic E-state index is 12.2. The van der Waals surface area contributed by atoms with Crippen LogP contribution in [0.1, 0.15) is 27.0 Å². The lowest BCUT2D eigenvalue weighted by Gasteiger charge is -2.09. The van der Waals surface area contributed by atoms with Gasteiger partial charge in [-0.25, -0.2) is 13.6 Å². The third kappa shape index (κ3) is 4.40. The van der Waals surface area contributed by atoms with E-state index in [0.717, 1.165) is 16.7 Å². The maximum Gasteiger partial charge on any atom is 0.251 e. The zero-order chi connectivity index (χ0) is 17.0. The standard InChI is InChI=1S/C17H20N2O3S/c1-12-4-3-5-16(13(12)2)17(20)19-11-10-14-6-8-15(9-7-14)23(18,21)22/h3-9H,10-11H2,1-2H3,(H,19,20)(H2,18,21,22). The molecule has 2 aromatic rings.